The molecule has 1 aliphatic heterocycles. The van der Waals surface area contributed by atoms with E-state index < -0.39 is 0 Å². The van der Waals surface area contributed by atoms with Crippen LogP contribution in [0.3, 0.4) is 0 Å². The van der Waals surface area contributed by atoms with Crippen LogP contribution in [0.25, 0.3) is 10.9 Å². The first-order valence-corrected chi connectivity index (χ1v) is 6.07. The van der Waals surface area contributed by atoms with Crippen LogP contribution in [0.15, 0.2) is 30.3 Å². The van der Waals surface area contributed by atoms with Gasteiger partial charge in [-0.2, -0.15) is 0 Å². The van der Waals surface area contributed by atoms with Gasteiger partial charge in [-0.05, 0) is 25.5 Å². The Kier molecular flexibility index (Phi) is 2.72. The van der Waals surface area contributed by atoms with Crippen molar-refractivity contribution in [2.75, 3.05) is 13.2 Å². The second-order valence-corrected chi connectivity index (χ2v) is 4.42. The summed E-state index contributed by atoms with van der Waals surface area (Å²) in [7, 11) is 0. The fourth-order valence-corrected chi connectivity index (χ4v) is 2.23. The maximum Gasteiger partial charge on any atom is 0.278 e. The molecule has 0 spiro atoms. The molecule has 0 aliphatic carbocycles. The first-order chi connectivity index (χ1) is 8.75. The first kappa shape index (κ1) is 11.2. The van der Waals surface area contributed by atoms with Gasteiger partial charge in [0, 0.05) is 11.1 Å². The van der Waals surface area contributed by atoms with Crippen molar-refractivity contribution in [3.05, 3.63) is 41.6 Å². The molecule has 4 heteroatoms. The van der Waals surface area contributed by atoms with Crippen molar-refractivity contribution in [1.82, 2.24) is 10.0 Å². The van der Waals surface area contributed by atoms with Crippen LogP contribution in [0.4, 0.5) is 0 Å². The molecule has 1 aliphatic rings. The van der Waals surface area contributed by atoms with Gasteiger partial charge in [0.15, 0.2) is 0 Å². The van der Waals surface area contributed by atoms with Crippen molar-refractivity contribution < 1.29 is 9.63 Å². The number of aromatic nitrogens is 1. The second kappa shape index (κ2) is 4.38. The van der Waals surface area contributed by atoms with Crippen LogP contribution in [0.5, 0.6) is 0 Å². The monoisotopic (exact) mass is 242 g/mol. The molecule has 4 nitrogen and oxygen atoms in total. The Bertz CT molecular complexity index is 604. The third-order valence-electron chi connectivity index (χ3n) is 3.05. The van der Waals surface area contributed by atoms with E-state index in [0.29, 0.717) is 18.7 Å². The van der Waals surface area contributed by atoms with Crippen LogP contribution in [-0.4, -0.2) is 29.1 Å². The van der Waals surface area contributed by atoms with Gasteiger partial charge in [0.1, 0.15) is 0 Å². The van der Waals surface area contributed by atoms with Crippen LogP contribution in [0, 0.1) is 6.92 Å². The lowest BCUT2D eigenvalue weighted by Crippen LogP contribution is -2.26. The average Bonchev–Trinajstić information content (AvgIpc) is 2.90. The van der Waals surface area contributed by atoms with Crippen LogP contribution >= 0.6 is 0 Å². The van der Waals surface area contributed by atoms with E-state index >= 15 is 0 Å². The largest absolute Gasteiger partial charge is 0.278 e. The number of hydroxylamine groups is 2. The minimum Gasteiger partial charge on any atom is -0.271 e. The number of amides is 1. The van der Waals surface area contributed by atoms with Crippen LogP contribution < -0.4 is 0 Å². The molecule has 0 atom stereocenters. The molecule has 3 rings (SSSR count). The highest BCUT2D eigenvalue weighted by Crippen LogP contribution is 2.21. The number of nitrogens with zero attached hydrogens (tertiary/aromatic N) is 2. The summed E-state index contributed by atoms with van der Waals surface area (Å²) >= 11 is 0. The Morgan fingerprint density at radius 1 is 1.39 bits per heavy atom. The van der Waals surface area contributed by atoms with Gasteiger partial charge in [0.25, 0.3) is 5.91 Å². The maximum atomic E-state index is 12.4. The van der Waals surface area contributed by atoms with Crippen molar-refractivity contribution in [2.45, 2.75) is 13.3 Å². The van der Waals surface area contributed by atoms with Gasteiger partial charge >= 0.3 is 0 Å². The Labute approximate surface area is 105 Å². The lowest BCUT2D eigenvalue weighted by atomic mass is 10.1. The van der Waals surface area contributed by atoms with Gasteiger partial charge in [-0.15, -0.1) is 0 Å². The lowest BCUT2D eigenvalue weighted by Gasteiger charge is -2.15. The lowest BCUT2D eigenvalue weighted by molar-refractivity contribution is -0.0767. The predicted molar refractivity (Wildman–Crippen MR) is 68.1 cm³/mol. The summed E-state index contributed by atoms with van der Waals surface area (Å²) in [6, 6.07) is 9.51. The van der Waals surface area contributed by atoms with Crippen molar-refractivity contribution in [1.29, 1.82) is 0 Å². The summed E-state index contributed by atoms with van der Waals surface area (Å²) in [6.07, 6.45) is 0.897. The summed E-state index contributed by atoms with van der Waals surface area (Å²) in [5, 5.41) is 2.32. The summed E-state index contributed by atoms with van der Waals surface area (Å²) in [5.41, 5.74) is 2.36. The number of para-hydroxylation sites is 1. The molecule has 0 radical (unpaired) electrons. The van der Waals surface area contributed by atoms with Gasteiger partial charge in [-0.3, -0.25) is 14.6 Å². The average molecular weight is 242 g/mol. The van der Waals surface area contributed by atoms with Crippen molar-refractivity contribution in [3.8, 4) is 0 Å². The first-order valence-electron chi connectivity index (χ1n) is 6.07. The summed E-state index contributed by atoms with van der Waals surface area (Å²) in [5.74, 6) is -0.0748. The molecule has 1 aromatic carbocycles. The van der Waals surface area contributed by atoms with Crippen molar-refractivity contribution >= 4 is 16.8 Å². The molecule has 0 bridgehead atoms. The Balaban J connectivity index is 2.12. The van der Waals surface area contributed by atoms with Crippen LogP contribution in [-0.2, 0) is 4.84 Å². The molecule has 1 aromatic heterocycles. The smallest absolute Gasteiger partial charge is 0.271 e. The number of fused-ring (bicyclic) bond motifs is 1. The summed E-state index contributed by atoms with van der Waals surface area (Å²) in [4.78, 5) is 22.1. The van der Waals surface area contributed by atoms with Gasteiger partial charge in [0.2, 0.25) is 0 Å². The molecule has 18 heavy (non-hydrogen) atoms. The third-order valence-corrected chi connectivity index (χ3v) is 3.05. The van der Waals surface area contributed by atoms with E-state index in [1.807, 2.05) is 37.3 Å². The quantitative estimate of drug-likeness (QED) is 0.770. The zero-order chi connectivity index (χ0) is 12.5. The number of carbonyl (C=O) groups is 1. The molecule has 0 N–H and O–H groups in total. The van der Waals surface area contributed by atoms with Gasteiger partial charge in [0.05, 0.1) is 24.2 Å². The van der Waals surface area contributed by atoms with E-state index in [9.17, 15) is 4.79 Å². The highest BCUT2D eigenvalue weighted by atomic mass is 16.7. The summed E-state index contributed by atoms with van der Waals surface area (Å²) in [6.45, 7) is 3.18. The van der Waals surface area contributed by atoms with E-state index in [-0.39, 0.29) is 5.91 Å². The molecule has 1 saturated heterocycles. The van der Waals surface area contributed by atoms with Crippen LogP contribution in [0.1, 0.15) is 22.5 Å². The molecular weight excluding hydrogens is 228 g/mol. The molecule has 2 aromatic rings. The minimum atomic E-state index is -0.0748. The van der Waals surface area contributed by atoms with Gasteiger partial charge in [-0.1, -0.05) is 18.2 Å². The highest BCUT2D eigenvalue weighted by molar-refractivity contribution is 6.05. The molecule has 1 amide bonds. The topological polar surface area (TPSA) is 42.4 Å². The molecule has 1 fully saturated rings. The zero-order valence-corrected chi connectivity index (χ0v) is 10.2. The highest BCUT2D eigenvalue weighted by Gasteiger charge is 2.22. The molecule has 0 saturated carbocycles. The van der Waals surface area contributed by atoms with E-state index in [2.05, 4.69) is 4.98 Å². The van der Waals surface area contributed by atoms with E-state index in [0.717, 1.165) is 23.0 Å². The fraction of sp³-hybridized carbons (Fsp3) is 0.286. The zero-order valence-electron chi connectivity index (χ0n) is 10.2. The van der Waals surface area contributed by atoms with Crippen LogP contribution in [0.2, 0.25) is 0 Å². The van der Waals surface area contributed by atoms with Crippen molar-refractivity contribution in [3.63, 3.8) is 0 Å². The molecule has 0 unspecified atom stereocenters. The number of hydrogen-bond donors (Lipinski definition) is 0. The fourth-order valence-electron chi connectivity index (χ4n) is 2.23. The van der Waals surface area contributed by atoms with Gasteiger partial charge in [-0.25, -0.2) is 5.06 Å². The minimum absolute atomic E-state index is 0.0748. The second-order valence-electron chi connectivity index (χ2n) is 4.42. The maximum absolute atomic E-state index is 12.4. The van der Waals surface area contributed by atoms with Gasteiger partial charge < -0.3 is 0 Å². The van der Waals surface area contributed by atoms with E-state index in [1.54, 1.807) is 0 Å². The molecule has 92 valence electrons. The number of aryl methyl sites for hydroxylation is 1. The number of pyridine rings is 1. The molecule has 2 heterocycles. The normalized spacial score (nSPS) is 15.3. The molecular formula is C14H14N2O2. The Hall–Kier alpha value is -1.94. The SMILES string of the molecule is Cc1cc(C(=O)N2CCCO2)c2ccccc2n1. The summed E-state index contributed by atoms with van der Waals surface area (Å²) < 4.78 is 0. The number of hydrogen-bond acceptors (Lipinski definition) is 3. The Morgan fingerprint density at radius 3 is 3.00 bits per heavy atom. The number of rotatable bonds is 1. The van der Waals surface area contributed by atoms with E-state index in [4.69, 9.17) is 4.84 Å². The standard InChI is InChI=1S/C14H14N2O2/c1-10-9-12(14(17)16-7-4-8-18-16)11-5-2-3-6-13(11)15-10/h2-3,5-6,9H,4,7-8H2,1H3. The number of benzene rings is 1. The Morgan fingerprint density at radius 2 is 2.22 bits per heavy atom. The number of carbonyl (C=O) groups excluding carboxylic acids is 1. The van der Waals surface area contributed by atoms with E-state index in [1.165, 1.54) is 5.06 Å². The van der Waals surface area contributed by atoms with Crippen molar-refractivity contribution in [2.24, 2.45) is 0 Å². The third kappa shape index (κ3) is 1.84. The predicted octanol–water partition coefficient (Wildman–Crippen LogP) is 2.32.